The highest BCUT2D eigenvalue weighted by molar-refractivity contribution is 5.80. The van der Waals surface area contributed by atoms with Gasteiger partial charge in [-0.15, -0.1) is 0 Å². The van der Waals surface area contributed by atoms with Gasteiger partial charge in [0, 0.05) is 29.9 Å². The van der Waals surface area contributed by atoms with Gasteiger partial charge in [-0.1, -0.05) is 0 Å². The van der Waals surface area contributed by atoms with Crippen LogP contribution in [0.25, 0.3) is 10.9 Å². The first-order chi connectivity index (χ1) is 14.5. The zero-order valence-electron chi connectivity index (χ0n) is 17.4. The van der Waals surface area contributed by atoms with Gasteiger partial charge < -0.3 is 14.7 Å². The summed E-state index contributed by atoms with van der Waals surface area (Å²) in [5, 5.41) is 14.1. The van der Waals surface area contributed by atoms with Crippen LogP contribution in [0.5, 0.6) is 5.75 Å². The third-order valence-electron chi connectivity index (χ3n) is 5.50. The predicted octanol–water partition coefficient (Wildman–Crippen LogP) is 3.21. The van der Waals surface area contributed by atoms with E-state index in [9.17, 15) is 4.79 Å². The molecule has 1 N–H and O–H groups in total. The highest BCUT2D eigenvalue weighted by atomic mass is 16.5. The van der Waals surface area contributed by atoms with Crippen LogP contribution in [0.2, 0.25) is 0 Å². The number of hydrogen-bond donors (Lipinski definition) is 1. The number of aryl methyl sites for hydroxylation is 3. The average molecular weight is 409 g/mol. The SMILES string of the molecule is Cc1cc(C)nc(N2CCC(COc3ccc4c(cnn4CCC(=O)O)c3)CC2)n1. The van der Waals surface area contributed by atoms with Gasteiger partial charge in [0.2, 0.25) is 5.95 Å². The molecule has 8 nitrogen and oxygen atoms in total. The topological polar surface area (TPSA) is 93.4 Å². The molecular formula is C22H27N5O3. The smallest absolute Gasteiger partial charge is 0.305 e. The lowest BCUT2D eigenvalue weighted by atomic mass is 9.98. The Balaban J connectivity index is 1.31. The van der Waals surface area contributed by atoms with Gasteiger partial charge in [-0.25, -0.2) is 9.97 Å². The molecule has 1 aliphatic heterocycles. The Morgan fingerprint density at radius 3 is 2.60 bits per heavy atom. The zero-order chi connectivity index (χ0) is 21.1. The third kappa shape index (κ3) is 4.69. The largest absolute Gasteiger partial charge is 0.493 e. The van der Waals surface area contributed by atoms with Gasteiger partial charge in [-0.05, 0) is 56.9 Å². The number of fused-ring (bicyclic) bond motifs is 1. The Labute approximate surface area is 175 Å². The molecule has 1 fully saturated rings. The molecule has 0 spiro atoms. The van der Waals surface area contributed by atoms with Gasteiger partial charge in [-0.3, -0.25) is 9.48 Å². The number of carboxylic acids is 1. The lowest BCUT2D eigenvalue weighted by Crippen LogP contribution is -2.36. The monoisotopic (exact) mass is 409 g/mol. The van der Waals surface area contributed by atoms with E-state index in [0.29, 0.717) is 19.1 Å². The summed E-state index contributed by atoms with van der Waals surface area (Å²) in [5.74, 6) is 1.33. The van der Waals surface area contributed by atoms with Gasteiger partial charge in [0.1, 0.15) is 5.75 Å². The number of anilines is 1. The molecule has 0 unspecified atom stereocenters. The van der Waals surface area contributed by atoms with Crippen LogP contribution in [-0.4, -0.2) is 50.5 Å². The lowest BCUT2D eigenvalue weighted by Gasteiger charge is -2.32. The molecule has 3 heterocycles. The number of rotatable bonds is 7. The standard InChI is InChI=1S/C22H27N5O3/c1-15-11-16(2)25-22(24-15)26-8-5-17(6-9-26)14-30-19-3-4-20-18(12-19)13-23-27(20)10-7-21(28)29/h3-4,11-13,17H,5-10,14H2,1-2H3,(H,28,29). The zero-order valence-corrected chi connectivity index (χ0v) is 17.4. The van der Waals surface area contributed by atoms with Gasteiger partial charge in [0.25, 0.3) is 0 Å². The second-order valence-electron chi connectivity index (χ2n) is 7.92. The van der Waals surface area contributed by atoms with E-state index in [2.05, 4.69) is 20.0 Å². The maximum absolute atomic E-state index is 10.8. The van der Waals surface area contributed by atoms with Crippen molar-refractivity contribution in [3.63, 3.8) is 0 Å². The molecule has 1 saturated heterocycles. The summed E-state index contributed by atoms with van der Waals surface area (Å²) in [6, 6.07) is 7.84. The molecule has 0 radical (unpaired) electrons. The number of benzene rings is 1. The number of ether oxygens (including phenoxy) is 1. The van der Waals surface area contributed by atoms with Crippen LogP contribution in [0.15, 0.2) is 30.5 Å². The Morgan fingerprint density at radius 2 is 1.90 bits per heavy atom. The fourth-order valence-corrected chi connectivity index (χ4v) is 3.90. The summed E-state index contributed by atoms with van der Waals surface area (Å²) in [6.45, 7) is 6.93. The first-order valence-electron chi connectivity index (χ1n) is 10.4. The third-order valence-corrected chi connectivity index (χ3v) is 5.50. The first kappa shape index (κ1) is 20.1. The molecule has 0 bridgehead atoms. The van der Waals surface area contributed by atoms with Crippen LogP contribution in [0.3, 0.4) is 0 Å². The number of hydrogen-bond acceptors (Lipinski definition) is 6. The number of nitrogens with zero attached hydrogens (tertiary/aromatic N) is 5. The van der Waals surface area contributed by atoms with Crippen molar-refractivity contribution in [2.45, 2.75) is 39.7 Å². The van der Waals surface area contributed by atoms with E-state index in [-0.39, 0.29) is 6.42 Å². The van der Waals surface area contributed by atoms with E-state index in [1.807, 2.05) is 38.1 Å². The second-order valence-corrected chi connectivity index (χ2v) is 7.92. The maximum Gasteiger partial charge on any atom is 0.305 e. The summed E-state index contributed by atoms with van der Waals surface area (Å²) in [7, 11) is 0. The molecule has 8 heteroatoms. The number of carboxylic acid groups (broad SMARTS) is 1. The Morgan fingerprint density at radius 1 is 1.17 bits per heavy atom. The Bertz CT molecular complexity index is 1020. The highest BCUT2D eigenvalue weighted by Gasteiger charge is 2.22. The number of carbonyl (C=O) groups is 1. The van der Waals surface area contributed by atoms with Crippen LogP contribution in [-0.2, 0) is 11.3 Å². The minimum Gasteiger partial charge on any atom is -0.493 e. The van der Waals surface area contributed by atoms with E-state index >= 15 is 0 Å². The number of piperidine rings is 1. The van der Waals surface area contributed by atoms with E-state index in [1.165, 1.54) is 0 Å². The normalized spacial score (nSPS) is 14.9. The average Bonchev–Trinajstić information content (AvgIpc) is 3.12. The van der Waals surface area contributed by atoms with E-state index < -0.39 is 5.97 Å². The van der Waals surface area contributed by atoms with Crippen molar-refractivity contribution in [1.82, 2.24) is 19.7 Å². The van der Waals surface area contributed by atoms with Gasteiger partial charge in [-0.2, -0.15) is 5.10 Å². The fourth-order valence-electron chi connectivity index (χ4n) is 3.90. The van der Waals surface area contributed by atoms with Crippen LogP contribution in [0.4, 0.5) is 5.95 Å². The van der Waals surface area contributed by atoms with Crippen LogP contribution < -0.4 is 9.64 Å². The highest BCUT2D eigenvalue weighted by Crippen LogP contribution is 2.25. The summed E-state index contributed by atoms with van der Waals surface area (Å²) in [5.41, 5.74) is 2.93. The lowest BCUT2D eigenvalue weighted by molar-refractivity contribution is -0.137. The van der Waals surface area contributed by atoms with E-state index in [4.69, 9.17) is 9.84 Å². The van der Waals surface area contributed by atoms with Crippen molar-refractivity contribution in [2.24, 2.45) is 5.92 Å². The van der Waals surface area contributed by atoms with Crippen LogP contribution >= 0.6 is 0 Å². The van der Waals surface area contributed by atoms with Crippen molar-refractivity contribution >= 4 is 22.8 Å². The van der Waals surface area contributed by atoms with Crippen molar-refractivity contribution in [3.05, 3.63) is 41.9 Å². The first-order valence-corrected chi connectivity index (χ1v) is 10.4. The molecule has 1 aromatic carbocycles. The summed E-state index contributed by atoms with van der Waals surface area (Å²) in [4.78, 5) is 22.2. The molecule has 0 aliphatic carbocycles. The molecule has 158 valence electrons. The van der Waals surface area contributed by atoms with E-state index in [1.54, 1.807) is 10.9 Å². The van der Waals surface area contributed by atoms with Gasteiger partial charge in [0.15, 0.2) is 0 Å². The van der Waals surface area contributed by atoms with Crippen LogP contribution in [0, 0.1) is 19.8 Å². The number of aromatic nitrogens is 4. The van der Waals surface area contributed by atoms with Crippen molar-refractivity contribution in [3.8, 4) is 5.75 Å². The summed E-state index contributed by atoms with van der Waals surface area (Å²) >= 11 is 0. The van der Waals surface area contributed by atoms with Crippen molar-refractivity contribution in [2.75, 3.05) is 24.6 Å². The van der Waals surface area contributed by atoms with Crippen molar-refractivity contribution in [1.29, 1.82) is 0 Å². The molecule has 1 aliphatic rings. The van der Waals surface area contributed by atoms with Gasteiger partial charge in [0.05, 0.1) is 31.3 Å². The quantitative estimate of drug-likeness (QED) is 0.640. The Kier molecular flexibility index (Phi) is 5.83. The molecule has 3 aromatic rings. The molecule has 0 atom stereocenters. The minimum absolute atomic E-state index is 0.0564. The summed E-state index contributed by atoms with van der Waals surface area (Å²) < 4.78 is 7.78. The molecule has 0 amide bonds. The molecular weight excluding hydrogens is 382 g/mol. The van der Waals surface area contributed by atoms with Crippen LogP contribution in [0.1, 0.15) is 30.7 Å². The summed E-state index contributed by atoms with van der Waals surface area (Å²) in [6.07, 6.45) is 3.91. The molecule has 30 heavy (non-hydrogen) atoms. The van der Waals surface area contributed by atoms with Crippen molar-refractivity contribution < 1.29 is 14.6 Å². The second kappa shape index (κ2) is 8.69. The Hall–Kier alpha value is -3.16. The predicted molar refractivity (Wildman–Crippen MR) is 114 cm³/mol. The number of aliphatic carboxylic acids is 1. The fraction of sp³-hybridized carbons (Fsp3) is 0.455. The van der Waals surface area contributed by atoms with E-state index in [0.717, 1.165) is 59.9 Å². The molecule has 2 aromatic heterocycles. The minimum atomic E-state index is -0.825. The molecule has 0 saturated carbocycles. The molecule has 4 rings (SSSR count). The maximum atomic E-state index is 10.8. The van der Waals surface area contributed by atoms with Gasteiger partial charge >= 0.3 is 5.97 Å².